The van der Waals surface area contributed by atoms with Crippen molar-refractivity contribution >= 4 is 11.8 Å². The summed E-state index contributed by atoms with van der Waals surface area (Å²) in [5.74, 6) is 1.52. The Morgan fingerprint density at radius 1 is 1.05 bits per heavy atom. The number of aliphatic hydroxyl groups is 1. The number of carbonyl (C=O) groups excluding carboxylic acids is 1. The average Bonchev–Trinajstić information content (AvgIpc) is 3.04. The van der Waals surface area contributed by atoms with E-state index in [0.717, 1.165) is 47.7 Å². The molecule has 3 aromatic carbocycles. The van der Waals surface area contributed by atoms with Gasteiger partial charge in [0.25, 0.3) is 0 Å². The molecule has 3 aromatic rings. The second kappa shape index (κ2) is 14.1. The van der Waals surface area contributed by atoms with Crippen LogP contribution in [0.15, 0.2) is 73.3 Å². The SMILES string of the molecule is C=CCOC(=O)Nc1cccc([C@H]2O[C@@H](CN3CCc4cc(OC)c(OC)cc4C3)[C@@H](C)[C@@H](c3ccc(CO)cc3)O2)c1. The van der Waals surface area contributed by atoms with Gasteiger partial charge in [0.15, 0.2) is 17.8 Å². The van der Waals surface area contributed by atoms with E-state index in [0.29, 0.717) is 12.2 Å². The normalized spacial score (nSPS) is 21.9. The third-order valence-electron chi connectivity index (χ3n) is 8.10. The van der Waals surface area contributed by atoms with Gasteiger partial charge >= 0.3 is 6.09 Å². The van der Waals surface area contributed by atoms with Crippen molar-refractivity contribution in [2.45, 2.75) is 45.0 Å². The van der Waals surface area contributed by atoms with Gasteiger partial charge in [-0.2, -0.15) is 0 Å². The fourth-order valence-electron chi connectivity index (χ4n) is 5.73. The van der Waals surface area contributed by atoms with E-state index in [2.05, 4.69) is 35.9 Å². The Labute approximate surface area is 253 Å². The molecule has 1 amide bonds. The molecule has 0 saturated carbocycles. The molecule has 2 N–H and O–H groups in total. The second-order valence-corrected chi connectivity index (χ2v) is 10.9. The molecule has 0 aliphatic carbocycles. The van der Waals surface area contributed by atoms with Crippen LogP contribution < -0.4 is 14.8 Å². The van der Waals surface area contributed by atoms with Crippen LogP contribution in [-0.4, -0.2) is 56.1 Å². The Hall–Kier alpha value is -3.89. The van der Waals surface area contributed by atoms with Gasteiger partial charge in [-0.3, -0.25) is 10.2 Å². The quantitative estimate of drug-likeness (QED) is 0.288. The molecule has 9 nitrogen and oxygen atoms in total. The lowest BCUT2D eigenvalue weighted by atomic mass is 9.89. The zero-order chi connectivity index (χ0) is 30.3. The number of methoxy groups -OCH3 is 2. The zero-order valence-corrected chi connectivity index (χ0v) is 25.0. The first-order chi connectivity index (χ1) is 20.9. The lowest BCUT2D eigenvalue weighted by Crippen LogP contribution is -2.45. The maximum Gasteiger partial charge on any atom is 0.411 e. The first kappa shape index (κ1) is 30.6. The van der Waals surface area contributed by atoms with Crippen molar-refractivity contribution in [2.75, 3.05) is 39.2 Å². The van der Waals surface area contributed by atoms with Crippen molar-refractivity contribution < 1.29 is 33.6 Å². The van der Waals surface area contributed by atoms with Gasteiger partial charge in [-0.25, -0.2) is 4.79 Å². The van der Waals surface area contributed by atoms with Crippen LogP contribution in [0.3, 0.4) is 0 Å². The lowest BCUT2D eigenvalue weighted by molar-refractivity contribution is -0.276. The number of aliphatic hydroxyl groups excluding tert-OH is 1. The van der Waals surface area contributed by atoms with E-state index >= 15 is 0 Å². The number of fused-ring (bicyclic) bond motifs is 1. The van der Waals surface area contributed by atoms with Crippen molar-refractivity contribution in [1.82, 2.24) is 4.90 Å². The van der Waals surface area contributed by atoms with E-state index in [4.69, 9.17) is 23.7 Å². The minimum atomic E-state index is -0.656. The van der Waals surface area contributed by atoms with Crippen LogP contribution in [0, 0.1) is 5.92 Å². The van der Waals surface area contributed by atoms with Gasteiger partial charge < -0.3 is 28.8 Å². The number of anilines is 1. The van der Waals surface area contributed by atoms with Gasteiger partial charge in [-0.1, -0.05) is 56.0 Å². The zero-order valence-electron chi connectivity index (χ0n) is 25.0. The van der Waals surface area contributed by atoms with Crippen LogP contribution in [0.1, 0.15) is 47.1 Å². The van der Waals surface area contributed by atoms with Crippen molar-refractivity contribution in [3.05, 3.63) is 101 Å². The first-order valence-electron chi connectivity index (χ1n) is 14.5. The van der Waals surface area contributed by atoms with Crippen LogP contribution >= 0.6 is 0 Å². The fourth-order valence-corrected chi connectivity index (χ4v) is 5.73. The standard InChI is InChI=1S/C34H40N2O7/c1-5-15-41-34(38)35-28-8-6-7-26(16-28)33-42-31(22(2)32(43-33)24-11-9-23(21-37)10-12-24)20-36-14-13-25-17-29(39-3)30(40-4)18-27(25)19-36/h5-12,16-18,22,31-33,37H,1,13-15,19-21H2,2-4H3,(H,35,38)/t22-,31+,32+,33+/m1/s1. The molecule has 2 aliphatic rings. The second-order valence-electron chi connectivity index (χ2n) is 10.9. The van der Waals surface area contributed by atoms with Gasteiger partial charge in [-0.05, 0) is 52.9 Å². The molecular weight excluding hydrogens is 548 g/mol. The maximum atomic E-state index is 12.1. The summed E-state index contributed by atoms with van der Waals surface area (Å²) in [6.07, 6.45) is 0.817. The minimum absolute atomic E-state index is 0.0160. The number of nitrogens with one attached hydrogen (secondary N) is 1. The Morgan fingerprint density at radius 3 is 2.49 bits per heavy atom. The van der Waals surface area contributed by atoms with Crippen LogP contribution in [0.5, 0.6) is 11.5 Å². The van der Waals surface area contributed by atoms with Gasteiger partial charge in [0.2, 0.25) is 0 Å². The van der Waals surface area contributed by atoms with E-state index < -0.39 is 12.4 Å². The molecule has 0 spiro atoms. The first-order valence-corrected chi connectivity index (χ1v) is 14.5. The number of carbonyl (C=O) groups is 1. The van der Waals surface area contributed by atoms with Crippen molar-refractivity contribution in [3.63, 3.8) is 0 Å². The molecule has 1 fully saturated rings. The Kier molecular flexibility index (Phi) is 9.99. The summed E-state index contributed by atoms with van der Waals surface area (Å²) in [5.41, 5.74) is 5.72. The predicted octanol–water partition coefficient (Wildman–Crippen LogP) is 5.78. The molecule has 0 radical (unpaired) electrons. The third kappa shape index (κ3) is 7.19. The average molecular weight is 589 g/mol. The molecule has 5 rings (SSSR count). The van der Waals surface area contributed by atoms with E-state index in [1.165, 1.54) is 17.2 Å². The number of amides is 1. The van der Waals surface area contributed by atoms with Gasteiger partial charge in [-0.15, -0.1) is 0 Å². The molecule has 0 unspecified atom stereocenters. The number of ether oxygens (including phenoxy) is 5. The van der Waals surface area contributed by atoms with Crippen LogP contribution in [0.4, 0.5) is 10.5 Å². The summed E-state index contributed by atoms with van der Waals surface area (Å²) >= 11 is 0. The van der Waals surface area contributed by atoms with E-state index in [9.17, 15) is 9.90 Å². The van der Waals surface area contributed by atoms with E-state index in [1.54, 1.807) is 20.3 Å². The highest BCUT2D eigenvalue weighted by Gasteiger charge is 2.39. The Morgan fingerprint density at radius 2 is 1.79 bits per heavy atom. The summed E-state index contributed by atoms with van der Waals surface area (Å²) in [6, 6.07) is 19.4. The molecule has 0 bridgehead atoms. The summed E-state index contributed by atoms with van der Waals surface area (Å²) in [4.78, 5) is 14.6. The highest BCUT2D eigenvalue weighted by molar-refractivity contribution is 5.84. The van der Waals surface area contributed by atoms with Crippen molar-refractivity contribution in [2.24, 2.45) is 5.92 Å². The van der Waals surface area contributed by atoms with Crippen molar-refractivity contribution in [3.8, 4) is 11.5 Å². The van der Waals surface area contributed by atoms with Crippen molar-refractivity contribution in [1.29, 1.82) is 0 Å². The highest BCUT2D eigenvalue weighted by atomic mass is 16.7. The summed E-state index contributed by atoms with van der Waals surface area (Å²) < 4.78 is 29.4. The topological polar surface area (TPSA) is 98.7 Å². The number of rotatable bonds is 10. The van der Waals surface area contributed by atoms with E-state index in [-0.39, 0.29) is 31.3 Å². The predicted molar refractivity (Wildman–Crippen MR) is 163 cm³/mol. The van der Waals surface area contributed by atoms with Crippen LogP contribution in [0.25, 0.3) is 0 Å². The highest BCUT2D eigenvalue weighted by Crippen LogP contribution is 2.43. The molecule has 1 saturated heterocycles. The molecule has 2 heterocycles. The Bertz CT molecular complexity index is 1410. The summed E-state index contributed by atoms with van der Waals surface area (Å²) in [5, 5.41) is 12.3. The number of hydrogen-bond acceptors (Lipinski definition) is 8. The smallest absolute Gasteiger partial charge is 0.411 e. The molecule has 228 valence electrons. The monoisotopic (exact) mass is 588 g/mol. The van der Waals surface area contributed by atoms with Gasteiger partial charge in [0, 0.05) is 36.8 Å². The molecular formula is C34H40N2O7. The molecule has 0 aromatic heterocycles. The summed E-state index contributed by atoms with van der Waals surface area (Å²) in [7, 11) is 3.32. The minimum Gasteiger partial charge on any atom is -0.493 e. The third-order valence-corrected chi connectivity index (χ3v) is 8.10. The lowest BCUT2D eigenvalue weighted by Gasteiger charge is -2.43. The number of benzene rings is 3. The molecule has 4 atom stereocenters. The van der Waals surface area contributed by atoms with Crippen LogP contribution in [-0.2, 0) is 33.8 Å². The van der Waals surface area contributed by atoms with Crippen LogP contribution in [0.2, 0.25) is 0 Å². The van der Waals surface area contributed by atoms with Gasteiger partial charge in [0.05, 0.1) is 33.0 Å². The number of nitrogens with zero attached hydrogens (tertiary/aromatic N) is 1. The fraction of sp³-hybridized carbons (Fsp3) is 0.382. The number of hydrogen-bond donors (Lipinski definition) is 2. The summed E-state index contributed by atoms with van der Waals surface area (Å²) in [6.45, 7) is 8.22. The molecule has 9 heteroatoms. The van der Waals surface area contributed by atoms with E-state index in [1.807, 2.05) is 42.5 Å². The maximum absolute atomic E-state index is 12.1. The molecule has 2 aliphatic heterocycles. The van der Waals surface area contributed by atoms with Gasteiger partial charge in [0.1, 0.15) is 6.61 Å². The Balaban J connectivity index is 1.38. The molecule has 43 heavy (non-hydrogen) atoms. The largest absolute Gasteiger partial charge is 0.493 e.